The molecule has 58 heavy (non-hydrogen) atoms. The number of nitrogens with one attached hydrogen (secondary N) is 1. The van der Waals surface area contributed by atoms with E-state index in [0.717, 1.165) is 51.2 Å². The number of hydrogen-bond donors (Lipinski definition) is 2. The topological polar surface area (TPSA) is 124 Å². The summed E-state index contributed by atoms with van der Waals surface area (Å²) in [5, 5.41) is 6.06. The number of carbonyl (C=O) groups is 4. The largest absolute Gasteiger partial charge is 0.461 e. The third kappa shape index (κ3) is 11.0. The van der Waals surface area contributed by atoms with E-state index in [2.05, 4.69) is 42.6 Å². The predicted molar refractivity (Wildman–Crippen MR) is 230 cm³/mol. The zero-order valence-electron chi connectivity index (χ0n) is 33.6. The second-order valence-electron chi connectivity index (χ2n) is 15.0. The zero-order valence-corrected chi connectivity index (χ0v) is 33.6. The van der Waals surface area contributed by atoms with Crippen molar-refractivity contribution in [2.75, 3.05) is 6.54 Å². The van der Waals surface area contributed by atoms with Crippen molar-refractivity contribution in [3.63, 3.8) is 0 Å². The van der Waals surface area contributed by atoms with Gasteiger partial charge in [-0.1, -0.05) is 136 Å². The highest BCUT2D eigenvalue weighted by atomic mass is 16.5. The number of unbranched alkanes of at least 4 members (excludes halogenated alkanes) is 1. The molecule has 6 aromatic rings. The van der Waals surface area contributed by atoms with Crippen LogP contribution in [0.15, 0.2) is 128 Å². The highest BCUT2D eigenvalue weighted by molar-refractivity contribution is 6.08. The van der Waals surface area contributed by atoms with Crippen LogP contribution in [0.2, 0.25) is 0 Å². The molecule has 0 fully saturated rings. The molecule has 0 aliphatic heterocycles. The Morgan fingerprint density at radius 1 is 0.759 bits per heavy atom. The Kier molecular flexibility index (Phi) is 14.5. The van der Waals surface area contributed by atoms with Gasteiger partial charge in [-0.3, -0.25) is 19.2 Å². The van der Waals surface area contributed by atoms with E-state index in [1.807, 2.05) is 109 Å². The SMILES string of the molecule is CCCCN(C(=O)[C@H](CCCC(=O)OCc1ccccc1)NC(=O)c1cn(Cc2ccccc2)c2ccccc12)[C@H](CC(N)=O)Cc1ccc2cc(CC)ccc2c1. The number of amides is 3. The highest BCUT2D eigenvalue weighted by Gasteiger charge is 2.32. The molecule has 9 heteroatoms. The van der Waals surface area contributed by atoms with E-state index < -0.39 is 23.9 Å². The minimum Gasteiger partial charge on any atom is -0.461 e. The maximum Gasteiger partial charge on any atom is 0.306 e. The number of esters is 1. The van der Waals surface area contributed by atoms with Crippen LogP contribution < -0.4 is 11.1 Å². The van der Waals surface area contributed by atoms with Gasteiger partial charge in [0.05, 0.1) is 5.56 Å². The van der Waals surface area contributed by atoms with Gasteiger partial charge < -0.3 is 25.3 Å². The summed E-state index contributed by atoms with van der Waals surface area (Å²) in [7, 11) is 0. The van der Waals surface area contributed by atoms with E-state index >= 15 is 0 Å². The van der Waals surface area contributed by atoms with Crippen LogP contribution in [0, 0.1) is 0 Å². The number of aryl methyl sites for hydroxylation is 1. The fraction of sp³-hybridized carbons (Fsp3) is 0.306. The van der Waals surface area contributed by atoms with Gasteiger partial charge in [-0.15, -0.1) is 0 Å². The van der Waals surface area contributed by atoms with Crippen LogP contribution in [-0.4, -0.2) is 51.8 Å². The first-order valence-electron chi connectivity index (χ1n) is 20.4. The molecular formula is C49H54N4O5. The van der Waals surface area contributed by atoms with E-state index in [9.17, 15) is 19.2 Å². The van der Waals surface area contributed by atoms with Crippen LogP contribution in [0.5, 0.6) is 0 Å². The monoisotopic (exact) mass is 778 g/mol. The maximum atomic E-state index is 14.9. The van der Waals surface area contributed by atoms with Gasteiger partial charge in [-0.05, 0) is 71.2 Å². The molecule has 0 aliphatic carbocycles. The molecule has 0 saturated carbocycles. The van der Waals surface area contributed by atoms with Crippen molar-refractivity contribution in [2.45, 2.75) is 90.4 Å². The summed E-state index contributed by atoms with van der Waals surface area (Å²) in [4.78, 5) is 56.6. The standard InChI is InChI=1S/C49H54N4O5/c1-3-5-27-53(41(31-46(50)54)30-38-24-26-39-28-35(4-2)23-25-40(39)29-38)49(57)44(20-14-22-47(55)58-34-37-17-10-7-11-18-37)51-48(56)43-33-52(32-36-15-8-6-9-16-36)45-21-13-12-19-42(43)45/h6-13,15-19,21,23-26,28-29,33,41,44H,3-5,14,20,22,27,30-32,34H2,1-2H3,(H2,50,54)(H,51,56)/t41-,44-/m0/s1. The van der Waals surface area contributed by atoms with Crippen molar-refractivity contribution in [1.29, 1.82) is 0 Å². The number of aromatic nitrogens is 1. The maximum absolute atomic E-state index is 14.9. The van der Waals surface area contributed by atoms with Crippen LogP contribution in [0.1, 0.15) is 85.0 Å². The third-order valence-corrected chi connectivity index (χ3v) is 10.7. The number of carbonyl (C=O) groups excluding carboxylic acids is 4. The van der Waals surface area contributed by atoms with E-state index in [1.54, 1.807) is 4.90 Å². The summed E-state index contributed by atoms with van der Waals surface area (Å²) in [5.74, 6) is -1.61. The summed E-state index contributed by atoms with van der Waals surface area (Å²) in [5.41, 5.74) is 11.4. The number of benzene rings is 5. The minimum absolute atomic E-state index is 0.0400. The summed E-state index contributed by atoms with van der Waals surface area (Å²) < 4.78 is 7.58. The molecule has 9 nitrogen and oxygen atoms in total. The quantitative estimate of drug-likeness (QED) is 0.0753. The number of ether oxygens (including phenoxy) is 1. The lowest BCUT2D eigenvalue weighted by Crippen LogP contribution is -2.53. The summed E-state index contributed by atoms with van der Waals surface area (Å²) in [6.07, 6.45) is 5.21. The van der Waals surface area contributed by atoms with Crippen molar-refractivity contribution in [3.05, 3.63) is 155 Å². The van der Waals surface area contributed by atoms with Gasteiger partial charge in [0.15, 0.2) is 0 Å². The molecule has 0 bridgehead atoms. The van der Waals surface area contributed by atoms with E-state index in [4.69, 9.17) is 10.5 Å². The molecule has 0 saturated heterocycles. The molecule has 3 amide bonds. The van der Waals surface area contributed by atoms with Crippen LogP contribution >= 0.6 is 0 Å². The van der Waals surface area contributed by atoms with E-state index in [0.29, 0.717) is 37.9 Å². The van der Waals surface area contributed by atoms with Crippen LogP contribution in [0.25, 0.3) is 21.7 Å². The molecule has 3 N–H and O–H groups in total. The fourth-order valence-corrected chi connectivity index (χ4v) is 7.58. The Bertz CT molecular complexity index is 2320. The van der Waals surface area contributed by atoms with Crippen LogP contribution in [0.3, 0.4) is 0 Å². The van der Waals surface area contributed by atoms with Gasteiger partial charge in [0.1, 0.15) is 12.6 Å². The molecule has 0 aliphatic rings. The van der Waals surface area contributed by atoms with Gasteiger partial charge in [-0.25, -0.2) is 0 Å². The van der Waals surface area contributed by atoms with Gasteiger partial charge in [0.25, 0.3) is 5.91 Å². The summed E-state index contributed by atoms with van der Waals surface area (Å²) in [6, 6.07) is 38.3. The molecule has 1 heterocycles. The average molecular weight is 779 g/mol. The molecule has 2 atom stereocenters. The first kappa shape index (κ1) is 41.4. The van der Waals surface area contributed by atoms with Crippen molar-refractivity contribution < 1.29 is 23.9 Å². The lowest BCUT2D eigenvalue weighted by Gasteiger charge is -2.35. The van der Waals surface area contributed by atoms with Crippen molar-refractivity contribution >= 4 is 45.4 Å². The third-order valence-electron chi connectivity index (χ3n) is 10.7. The Hall–Kier alpha value is -6.22. The molecule has 1 aromatic heterocycles. The van der Waals surface area contributed by atoms with E-state index in [-0.39, 0.29) is 37.7 Å². The fourth-order valence-electron chi connectivity index (χ4n) is 7.58. The van der Waals surface area contributed by atoms with Gasteiger partial charge in [0.2, 0.25) is 11.8 Å². The second kappa shape index (κ2) is 20.3. The number of fused-ring (bicyclic) bond motifs is 2. The zero-order chi connectivity index (χ0) is 40.9. The summed E-state index contributed by atoms with van der Waals surface area (Å²) in [6.45, 7) is 5.27. The number of nitrogens with two attached hydrogens (primary N) is 1. The summed E-state index contributed by atoms with van der Waals surface area (Å²) >= 11 is 0. The lowest BCUT2D eigenvalue weighted by atomic mass is 9.96. The number of rotatable bonds is 20. The highest BCUT2D eigenvalue weighted by Crippen LogP contribution is 2.25. The predicted octanol–water partition coefficient (Wildman–Crippen LogP) is 8.53. The van der Waals surface area contributed by atoms with Crippen molar-refractivity contribution in [3.8, 4) is 0 Å². The Balaban J connectivity index is 1.28. The number of para-hydroxylation sites is 1. The van der Waals surface area contributed by atoms with Gasteiger partial charge in [-0.2, -0.15) is 0 Å². The molecule has 0 spiro atoms. The molecule has 6 rings (SSSR count). The molecule has 5 aromatic carbocycles. The lowest BCUT2D eigenvalue weighted by molar-refractivity contribution is -0.145. The number of hydrogen-bond acceptors (Lipinski definition) is 5. The minimum atomic E-state index is -0.984. The van der Waals surface area contributed by atoms with Crippen molar-refractivity contribution in [2.24, 2.45) is 5.73 Å². The first-order valence-corrected chi connectivity index (χ1v) is 20.4. The Labute approximate surface area is 341 Å². The number of primary amides is 1. The molecule has 0 radical (unpaired) electrons. The van der Waals surface area contributed by atoms with Crippen LogP contribution in [-0.2, 0) is 45.1 Å². The van der Waals surface area contributed by atoms with Gasteiger partial charge in [0, 0.05) is 49.1 Å². The Morgan fingerprint density at radius 2 is 1.41 bits per heavy atom. The molecule has 0 unspecified atom stereocenters. The smallest absolute Gasteiger partial charge is 0.306 e. The van der Waals surface area contributed by atoms with Crippen LogP contribution in [0.4, 0.5) is 0 Å². The number of nitrogens with zero attached hydrogens (tertiary/aromatic N) is 2. The molecule has 300 valence electrons. The first-order chi connectivity index (χ1) is 28.2. The normalized spacial score (nSPS) is 12.2. The van der Waals surface area contributed by atoms with Gasteiger partial charge >= 0.3 is 5.97 Å². The van der Waals surface area contributed by atoms with E-state index in [1.165, 1.54) is 5.56 Å². The molecular weight excluding hydrogens is 725 g/mol. The van der Waals surface area contributed by atoms with Crippen molar-refractivity contribution in [1.82, 2.24) is 14.8 Å². The average Bonchev–Trinajstić information content (AvgIpc) is 3.61. The Morgan fingerprint density at radius 3 is 2.10 bits per heavy atom. The second-order valence-corrected chi connectivity index (χ2v) is 15.0.